The minimum absolute atomic E-state index is 0.0982. The van der Waals surface area contributed by atoms with Crippen molar-refractivity contribution in [3.63, 3.8) is 0 Å². The molecule has 0 bridgehead atoms. The summed E-state index contributed by atoms with van der Waals surface area (Å²) in [6.07, 6.45) is 9.09. The van der Waals surface area contributed by atoms with E-state index in [1.165, 1.54) is 32.1 Å². The van der Waals surface area contributed by atoms with Crippen molar-refractivity contribution in [3.8, 4) is 11.5 Å². The molecular formula is C23H29BrN2O3. The van der Waals surface area contributed by atoms with E-state index in [9.17, 15) is 4.79 Å². The van der Waals surface area contributed by atoms with Gasteiger partial charge in [0.15, 0.2) is 6.61 Å². The van der Waals surface area contributed by atoms with Crippen LogP contribution in [0.3, 0.4) is 0 Å². The van der Waals surface area contributed by atoms with Crippen molar-refractivity contribution in [2.45, 2.75) is 45.4 Å². The minimum atomic E-state index is -0.319. The molecule has 0 aliphatic rings. The average Bonchev–Trinajstić information content (AvgIpc) is 2.73. The summed E-state index contributed by atoms with van der Waals surface area (Å²) in [5, 5.41) is 3.96. The van der Waals surface area contributed by atoms with Crippen molar-refractivity contribution in [2.24, 2.45) is 5.10 Å². The van der Waals surface area contributed by atoms with E-state index in [-0.39, 0.29) is 12.5 Å². The van der Waals surface area contributed by atoms with Crippen LogP contribution < -0.4 is 14.9 Å². The van der Waals surface area contributed by atoms with E-state index >= 15 is 0 Å². The molecule has 0 aliphatic heterocycles. The van der Waals surface area contributed by atoms with Crippen LogP contribution in [-0.4, -0.2) is 25.3 Å². The topological polar surface area (TPSA) is 59.9 Å². The van der Waals surface area contributed by atoms with Crippen molar-refractivity contribution < 1.29 is 14.3 Å². The Bertz CT molecular complexity index is 763. The van der Waals surface area contributed by atoms with Crippen LogP contribution in [-0.2, 0) is 4.79 Å². The number of nitrogens with one attached hydrogen (secondary N) is 1. The molecule has 0 fully saturated rings. The zero-order valence-electron chi connectivity index (χ0n) is 16.9. The van der Waals surface area contributed by atoms with E-state index in [0.29, 0.717) is 5.75 Å². The molecule has 5 nitrogen and oxygen atoms in total. The van der Waals surface area contributed by atoms with Crippen LogP contribution >= 0.6 is 15.9 Å². The molecule has 0 saturated carbocycles. The van der Waals surface area contributed by atoms with E-state index in [2.05, 4.69) is 33.4 Å². The van der Waals surface area contributed by atoms with Crippen molar-refractivity contribution in [1.29, 1.82) is 0 Å². The van der Waals surface area contributed by atoms with Crippen molar-refractivity contribution in [2.75, 3.05) is 13.2 Å². The third-order valence-corrected chi connectivity index (χ3v) is 4.71. The van der Waals surface area contributed by atoms with Crippen LogP contribution in [0.15, 0.2) is 58.1 Å². The Balaban J connectivity index is 1.63. The van der Waals surface area contributed by atoms with E-state index in [4.69, 9.17) is 9.47 Å². The molecule has 0 atom stereocenters. The van der Waals surface area contributed by atoms with Crippen molar-refractivity contribution in [1.82, 2.24) is 5.43 Å². The second-order valence-electron chi connectivity index (χ2n) is 6.72. The molecule has 0 radical (unpaired) electrons. The Labute approximate surface area is 181 Å². The van der Waals surface area contributed by atoms with Gasteiger partial charge in [0.1, 0.15) is 11.5 Å². The van der Waals surface area contributed by atoms with E-state index < -0.39 is 0 Å². The molecule has 6 heteroatoms. The molecule has 0 unspecified atom stereocenters. The maximum Gasteiger partial charge on any atom is 0.277 e. The van der Waals surface area contributed by atoms with Gasteiger partial charge in [-0.15, -0.1) is 0 Å². The van der Waals surface area contributed by atoms with Crippen LogP contribution in [0, 0.1) is 0 Å². The van der Waals surface area contributed by atoms with E-state index in [0.717, 1.165) is 28.8 Å². The molecule has 0 spiro atoms. The molecule has 0 heterocycles. The number of unbranched alkanes of at least 4 members (excludes halogenated alkanes) is 5. The lowest BCUT2D eigenvalue weighted by Gasteiger charge is -2.06. The van der Waals surface area contributed by atoms with Gasteiger partial charge in [-0.3, -0.25) is 4.79 Å². The Kier molecular flexibility index (Phi) is 10.9. The van der Waals surface area contributed by atoms with Crippen molar-refractivity contribution >= 4 is 28.1 Å². The summed E-state index contributed by atoms with van der Waals surface area (Å²) in [4.78, 5) is 11.8. The number of hydrogen-bond donors (Lipinski definition) is 1. The molecule has 156 valence electrons. The number of ether oxygens (including phenoxy) is 2. The zero-order chi connectivity index (χ0) is 20.7. The molecule has 29 heavy (non-hydrogen) atoms. The highest BCUT2D eigenvalue weighted by molar-refractivity contribution is 9.10. The van der Waals surface area contributed by atoms with Gasteiger partial charge < -0.3 is 9.47 Å². The lowest BCUT2D eigenvalue weighted by atomic mass is 10.1. The third-order valence-electron chi connectivity index (χ3n) is 4.22. The lowest BCUT2D eigenvalue weighted by molar-refractivity contribution is -0.123. The van der Waals surface area contributed by atoms with Gasteiger partial charge in [0.05, 0.1) is 12.8 Å². The highest BCUT2D eigenvalue weighted by Crippen LogP contribution is 2.17. The molecule has 2 aromatic rings. The number of hydrogen-bond acceptors (Lipinski definition) is 4. The average molecular weight is 461 g/mol. The molecule has 2 aromatic carbocycles. The van der Waals surface area contributed by atoms with E-state index in [1.807, 2.05) is 36.4 Å². The smallest absolute Gasteiger partial charge is 0.277 e. The first-order valence-corrected chi connectivity index (χ1v) is 10.9. The van der Waals surface area contributed by atoms with Gasteiger partial charge in [-0.2, -0.15) is 5.10 Å². The molecule has 1 amide bonds. The van der Waals surface area contributed by atoms with Crippen LogP contribution in [0.1, 0.15) is 51.0 Å². The number of nitrogens with zero attached hydrogens (tertiary/aromatic N) is 1. The Morgan fingerprint density at radius 1 is 1.00 bits per heavy atom. The fourth-order valence-corrected chi connectivity index (χ4v) is 3.02. The third kappa shape index (κ3) is 10.1. The standard InChI is InChI=1S/C23H29BrN2O3/c1-2-3-4-5-6-7-15-28-21-13-11-19(12-14-21)17-25-26-23(27)18-29-22-10-8-9-20(24)16-22/h8-14,16-17H,2-7,15,18H2,1H3,(H,26,27). The molecule has 2 rings (SSSR count). The van der Waals surface area contributed by atoms with Crippen molar-refractivity contribution in [3.05, 3.63) is 58.6 Å². The van der Waals surface area contributed by atoms with Gasteiger partial charge in [0.2, 0.25) is 0 Å². The Morgan fingerprint density at radius 2 is 1.76 bits per heavy atom. The Hall–Kier alpha value is -2.34. The first-order valence-electron chi connectivity index (χ1n) is 10.1. The van der Waals surface area contributed by atoms with Gasteiger partial charge in [0.25, 0.3) is 5.91 Å². The summed E-state index contributed by atoms with van der Waals surface area (Å²) < 4.78 is 12.1. The first-order chi connectivity index (χ1) is 14.2. The van der Waals surface area contributed by atoms with Gasteiger partial charge in [0, 0.05) is 4.47 Å². The molecule has 0 saturated heterocycles. The quantitative estimate of drug-likeness (QED) is 0.236. The maximum absolute atomic E-state index is 11.8. The van der Waals surface area contributed by atoms with Gasteiger partial charge >= 0.3 is 0 Å². The zero-order valence-corrected chi connectivity index (χ0v) is 18.5. The number of amides is 1. The summed E-state index contributed by atoms with van der Waals surface area (Å²) in [7, 11) is 0. The molecule has 0 aliphatic carbocycles. The largest absolute Gasteiger partial charge is 0.494 e. The minimum Gasteiger partial charge on any atom is -0.494 e. The highest BCUT2D eigenvalue weighted by atomic mass is 79.9. The van der Waals surface area contributed by atoms with E-state index in [1.54, 1.807) is 18.3 Å². The summed E-state index contributed by atoms with van der Waals surface area (Å²) in [5.41, 5.74) is 3.34. The number of hydrazone groups is 1. The monoisotopic (exact) mass is 460 g/mol. The summed E-state index contributed by atoms with van der Waals surface area (Å²) in [6.45, 7) is 2.87. The number of halogens is 1. The van der Waals surface area contributed by atoms with Crippen LogP contribution in [0.2, 0.25) is 0 Å². The van der Waals surface area contributed by atoms with Gasteiger partial charge in [-0.25, -0.2) is 5.43 Å². The Morgan fingerprint density at radius 3 is 2.52 bits per heavy atom. The van der Waals surface area contributed by atoms with Crippen LogP contribution in [0.4, 0.5) is 0 Å². The number of carbonyl (C=O) groups excluding carboxylic acids is 1. The molecule has 0 aromatic heterocycles. The number of rotatable bonds is 13. The fourth-order valence-electron chi connectivity index (χ4n) is 2.64. The molecular weight excluding hydrogens is 432 g/mol. The van der Waals surface area contributed by atoms with Crippen LogP contribution in [0.25, 0.3) is 0 Å². The maximum atomic E-state index is 11.8. The second-order valence-corrected chi connectivity index (χ2v) is 7.64. The summed E-state index contributed by atoms with van der Waals surface area (Å²) >= 11 is 3.36. The predicted molar refractivity (Wildman–Crippen MR) is 121 cm³/mol. The van der Waals surface area contributed by atoms with Crippen LogP contribution in [0.5, 0.6) is 11.5 Å². The lowest BCUT2D eigenvalue weighted by Crippen LogP contribution is -2.24. The number of carbonyl (C=O) groups is 1. The fraction of sp³-hybridized carbons (Fsp3) is 0.391. The second kappa shape index (κ2) is 13.8. The first kappa shape index (κ1) is 22.9. The highest BCUT2D eigenvalue weighted by Gasteiger charge is 2.02. The van der Waals surface area contributed by atoms with Gasteiger partial charge in [-0.05, 0) is 54.4 Å². The number of benzene rings is 2. The predicted octanol–water partition coefficient (Wildman–Crippen LogP) is 5.72. The summed E-state index contributed by atoms with van der Waals surface area (Å²) in [5.74, 6) is 1.15. The normalized spacial score (nSPS) is 10.8. The molecule has 1 N–H and O–H groups in total. The van der Waals surface area contributed by atoms with Gasteiger partial charge in [-0.1, -0.05) is 61.0 Å². The summed E-state index contributed by atoms with van der Waals surface area (Å²) in [6, 6.07) is 15.0. The SMILES string of the molecule is CCCCCCCCOc1ccc(C=NNC(=O)COc2cccc(Br)c2)cc1.